The minimum Gasteiger partial charge on any atom is -0.389 e. The Balaban J connectivity index is 2.05. The van der Waals surface area contributed by atoms with Crippen LogP contribution >= 0.6 is 23.4 Å². The third-order valence-electron chi connectivity index (χ3n) is 3.28. The first-order valence-electron chi connectivity index (χ1n) is 6.31. The van der Waals surface area contributed by atoms with Crippen LogP contribution in [0, 0.1) is 0 Å². The van der Waals surface area contributed by atoms with Gasteiger partial charge in [0, 0.05) is 10.1 Å². The molecule has 1 N–H and O–H groups in total. The number of halogens is 1. The van der Waals surface area contributed by atoms with Crippen LogP contribution in [0.25, 0.3) is 0 Å². The van der Waals surface area contributed by atoms with E-state index in [1.807, 2.05) is 30.0 Å². The van der Waals surface area contributed by atoms with Crippen LogP contribution in [-0.4, -0.2) is 10.4 Å². The molecule has 0 amide bonds. The van der Waals surface area contributed by atoms with Gasteiger partial charge in [0.15, 0.2) is 0 Å². The molecule has 3 heteroatoms. The van der Waals surface area contributed by atoms with E-state index in [1.54, 1.807) is 6.92 Å². The molecule has 0 bridgehead atoms. The molecule has 1 aliphatic carbocycles. The van der Waals surface area contributed by atoms with Crippen LogP contribution < -0.4 is 0 Å². The van der Waals surface area contributed by atoms with Gasteiger partial charge >= 0.3 is 0 Å². The van der Waals surface area contributed by atoms with E-state index in [2.05, 4.69) is 0 Å². The van der Waals surface area contributed by atoms with Crippen molar-refractivity contribution in [2.75, 3.05) is 0 Å². The highest BCUT2D eigenvalue weighted by Gasteiger charge is 2.16. The molecule has 0 saturated heterocycles. The minimum absolute atomic E-state index is 0.443. The number of aliphatic hydroxyl groups is 1. The van der Waals surface area contributed by atoms with Crippen molar-refractivity contribution in [2.45, 2.75) is 55.3 Å². The number of benzene rings is 1. The minimum atomic E-state index is -0.443. The molecule has 1 aromatic rings. The number of hydrogen-bond acceptors (Lipinski definition) is 2. The highest BCUT2D eigenvalue weighted by Crippen LogP contribution is 2.37. The molecule has 1 saturated carbocycles. The second kappa shape index (κ2) is 6.12. The van der Waals surface area contributed by atoms with E-state index >= 15 is 0 Å². The summed E-state index contributed by atoms with van der Waals surface area (Å²) in [5, 5.41) is 11.0. The van der Waals surface area contributed by atoms with Crippen molar-refractivity contribution < 1.29 is 5.11 Å². The largest absolute Gasteiger partial charge is 0.389 e. The molecule has 0 radical (unpaired) electrons. The maximum absolute atomic E-state index is 9.50. The predicted molar refractivity (Wildman–Crippen MR) is 74.8 cm³/mol. The van der Waals surface area contributed by atoms with Crippen LogP contribution in [0.2, 0.25) is 5.02 Å². The molecule has 0 spiro atoms. The van der Waals surface area contributed by atoms with E-state index in [0.29, 0.717) is 0 Å². The smallest absolute Gasteiger partial charge is 0.0762 e. The Morgan fingerprint density at radius 1 is 1.29 bits per heavy atom. The van der Waals surface area contributed by atoms with Gasteiger partial charge in [0.05, 0.1) is 11.1 Å². The van der Waals surface area contributed by atoms with Gasteiger partial charge in [0.25, 0.3) is 0 Å². The van der Waals surface area contributed by atoms with Crippen LogP contribution in [-0.2, 0) is 0 Å². The average molecular weight is 271 g/mol. The van der Waals surface area contributed by atoms with Crippen LogP contribution in [0.5, 0.6) is 0 Å². The van der Waals surface area contributed by atoms with Gasteiger partial charge in [-0.3, -0.25) is 0 Å². The lowest BCUT2D eigenvalue weighted by atomic mass is 10.0. The number of thioether (sulfide) groups is 1. The monoisotopic (exact) mass is 270 g/mol. The summed E-state index contributed by atoms with van der Waals surface area (Å²) >= 11 is 8.16. The number of rotatable bonds is 3. The summed E-state index contributed by atoms with van der Waals surface area (Å²) in [6.07, 6.45) is 6.24. The molecule has 1 atom stereocenters. The molecule has 94 valence electrons. The first kappa shape index (κ1) is 13.3. The van der Waals surface area contributed by atoms with Gasteiger partial charge in [-0.1, -0.05) is 36.9 Å². The fraction of sp³-hybridized carbons (Fsp3) is 0.571. The zero-order valence-corrected chi connectivity index (χ0v) is 11.7. The van der Waals surface area contributed by atoms with Crippen LogP contribution in [0.15, 0.2) is 23.1 Å². The zero-order chi connectivity index (χ0) is 12.3. The second-order valence-electron chi connectivity index (χ2n) is 4.74. The van der Waals surface area contributed by atoms with E-state index in [9.17, 15) is 5.11 Å². The van der Waals surface area contributed by atoms with Crippen molar-refractivity contribution in [3.8, 4) is 0 Å². The van der Waals surface area contributed by atoms with Crippen molar-refractivity contribution in [3.63, 3.8) is 0 Å². The molecule has 0 aromatic heterocycles. The summed E-state index contributed by atoms with van der Waals surface area (Å²) < 4.78 is 0. The second-order valence-corrected chi connectivity index (χ2v) is 6.49. The summed E-state index contributed by atoms with van der Waals surface area (Å²) in [5.74, 6) is 0. The normalized spacial score (nSPS) is 19.2. The number of hydrogen-bond donors (Lipinski definition) is 1. The first-order chi connectivity index (χ1) is 8.16. The molecule has 0 heterocycles. The first-order valence-corrected chi connectivity index (χ1v) is 7.57. The molecule has 1 aromatic carbocycles. The molecule has 0 aliphatic heterocycles. The quantitative estimate of drug-likeness (QED) is 0.850. The third kappa shape index (κ3) is 3.64. The molecule has 17 heavy (non-hydrogen) atoms. The van der Waals surface area contributed by atoms with Gasteiger partial charge in [0.2, 0.25) is 0 Å². The van der Waals surface area contributed by atoms with E-state index in [1.165, 1.54) is 32.1 Å². The van der Waals surface area contributed by atoms with Crippen molar-refractivity contribution in [3.05, 3.63) is 28.8 Å². The van der Waals surface area contributed by atoms with Crippen LogP contribution in [0.1, 0.15) is 50.7 Å². The number of aliphatic hydroxyl groups excluding tert-OH is 1. The lowest BCUT2D eigenvalue weighted by molar-refractivity contribution is 0.199. The summed E-state index contributed by atoms with van der Waals surface area (Å²) in [6.45, 7) is 1.76. The highest BCUT2D eigenvalue weighted by atomic mass is 35.5. The molecule has 1 nitrogen and oxygen atoms in total. The predicted octanol–water partition coefficient (Wildman–Crippen LogP) is 4.82. The Bertz CT molecular complexity index is 372. The molecule has 1 unspecified atom stereocenters. The molecular weight excluding hydrogens is 252 g/mol. The van der Waals surface area contributed by atoms with Crippen LogP contribution in [0.4, 0.5) is 0 Å². The topological polar surface area (TPSA) is 20.2 Å². The summed E-state index contributed by atoms with van der Waals surface area (Å²) in [4.78, 5) is 1.16. The summed E-state index contributed by atoms with van der Waals surface area (Å²) in [7, 11) is 0. The van der Waals surface area contributed by atoms with E-state index in [4.69, 9.17) is 11.6 Å². The van der Waals surface area contributed by atoms with E-state index in [0.717, 1.165) is 20.7 Å². The summed E-state index contributed by atoms with van der Waals surface area (Å²) in [5.41, 5.74) is 0.892. The van der Waals surface area contributed by atoms with Crippen molar-refractivity contribution in [2.24, 2.45) is 0 Å². The molecule has 1 aliphatic rings. The van der Waals surface area contributed by atoms with Gasteiger partial charge in [0.1, 0.15) is 0 Å². The fourth-order valence-corrected chi connectivity index (χ4v) is 3.80. The standard InChI is InChI=1S/C14H19ClOS/c1-10(16)11-7-8-14(13(15)9-11)17-12-5-3-2-4-6-12/h7-10,12,16H,2-6H2,1H3. The van der Waals surface area contributed by atoms with Gasteiger partial charge in [-0.25, -0.2) is 0 Å². The fourth-order valence-electron chi connectivity index (χ4n) is 2.24. The van der Waals surface area contributed by atoms with Crippen molar-refractivity contribution >= 4 is 23.4 Å². The maximum Gasteiger partial charge on any atom is 0.0762 e. The maximum atomic E-state index is 9.50. The zero-order valence-electron chi connectivity index (χ0n) is 10.2. The Morgan fingerprint density at radius 2 is 2.00 bits per heavy atom. The average Bonchev–Trinajstić information content (AvgIpc) is 2.33. The Kier molecular flexibility index (Phi) is 4.78. The lowest BCUT2D eigenvalue weighted by Gasteiger charge is -2.21. The van der Waals surface area contributed by atoms with E-state index in [-0.39, 0.29) is 0 Å². The molecule has 1 fully saturated rings. The van der Waals surface area contributed by atoms with Gasteiger partial charge in [-0.05, 0) is 37.5 Å². The molecule has 2 rings (SSSR count). The third-order valence-corrected chi connectivity index (χ3v) is 5.12. The SMILES string of the molecule is CC(O)c1ccc(SC2CCCCC2)c(Cl)c1. The summed E-state index contributed by atoms with van der Waals surface area (Å²) in [6, 6.07) is 5.91. The lowest BCUT2D eigenvalue weighted by Crippen LogP contribution is -2.07. The van der Waals surface area contributed by atoms with Crippen LogP contribution in [0.3, 0.4) is 0 Å². The Hall–Kier alpha value is -0.180. The van der Waals surface area contributed by atoms with Crippen molar-refractivity contribution in [1.82, 2.24) is 0 Å². The Labute approximate surface area is 113 Å². The van der Waals surface area contributed by atoms with Crippen molar-refractivity contribution in [1.29, 1.82) is 0 Å². The molecular formula is C14H19ClOS. The van der Waals surface area contributed by atoms with Gasteiger partial charge < -0.3 is 5.11 Å². The highest BCUT2D eigenvalue weighted by molar-refractivity contribution is 8.00. The Morgan fingerprint density at radius 3 is 2.59 bits per heavy atom. The van der Waals surface area contributed by atoms with Gasteiger partial charge in [-0.2, -0.15) is 0 Å². The van der Waals surface area contributed by atoms with Gasteiger partial charge in [-0.15, -0.1) is 11.8 Å². The van der Waals surface area contributed by atoms with E-state index < -0.39 is 6.10 Å².